The number of pyridine rings is 1. The maximum absolute atomic E-state index is 5.46. The highest BCUT2D eigenvalue weighted by atomic mass is 16.4. The normalized spacial score (nSPS) is 12.9. The molecule has 0 N–H and O–H groups in total. The maximum Gasteiger partial charge on any atom is 0.266 e. The van der Waals surface area contributed by atoms with Gasteiger partial charge in [0.1, 0.15) is 5.69 Å². The number of aryl methyl sites for hydroxylation is 2. The van der Waals surface area contributed by atoms with E-state index in [1.807, 2.05) is 32.0 Å². The third-order valence-electron chi connectivity index (χ3n) is 2.32. The van der Waals surface area contributed by atoms with Crippen LogP contribution >= 0.6 is 0 Å². The van der Waals surface area contributed by atoms with Gasteiger partial charge >= 0.3 is 0 Å². The van der Waals surface area contributed by atoms with Crippen LogP contribution in [-0.2, 0) is 12.8 Å². The Morgan fingerprint density at radius 1 is 1.12 bits per heavy atom. The van der Waals surface area contributed by atoms with Crippen LogP contribution in [0.15, 0.2) is 22.6 Å². The SMILES string of the molecule is CC.c1cc2nc(c1)-c1nnc(o1)CCC2. The van der Waals surface area contributed by atoms with Crippen molar-refractivity contribution < 1.29 is 4.42 Å². The minimum absolute atomic E-state index is 0.531. The van der Waals surface area contributed by atoms with E-state index in [0.717, 1.165) is 30.7 Å². The summed E-state index contributed by atoms with van der Waals surface area (Å²) >= 11 is 0. The first kappa shape index (κ1) is 10.8. The lowest BCUT2D eigenvalue weighted by Crippen LogP contribution is -1.94. The smallest absolute Gasteiger partial charge is 0.266 e. The van der Waals surface area contributed by atoms with Crippen LogP contribution in [0.5, 0.6) is 0 Å². The van der Waals surface area contributed by atoms with E-state index in [4.69, 9.17) is 4.42 Å². The van der Waals surface area contributed by atoms with Crippen molar-refractivity contribution in [2.24, 2.45) is 0 Å². The molecule has 4 nitrogen and oxygen atoms in total. The van der Waals surface area contributed by atoms with Crippen LogP contribution in [-0.4, -0.2) is 15.2 Å². The summed E-state index contributed by atoms with van der Waals surface area (Å²) in [7, 11) is 0. The minimum Gasteiger partial charge on any atom is -0.419 e. The molecule has 0 saturated carbocycles. The Labute approximate surface area is 94.7 Å². The van der Waals surface area contributed by atoms with Crippen LogP contribution in [0, 0.1) is 0 Å². The van der Waals surface area contributed by atoms with Crippen LogP contribution < -0.4 is 0 Å². The fourth-order valence-electron chi connectivity index (χ4n) is 1.62. The molecule has 2 aromatic rings. The molecule has 0 unspecified atom stereocenters. The molecule has 0 radical (unpaired) electrons. The second kappa shape index (κ2) is 4.88. The van der Waals surface area contributed by atoms with Gasteiger partial charge in [-0.05, 0) is 25.0 Å². The molecule has 0 atom stereocenters. The Morgan fingerprint density at radius 3 is 2.88 bits per heavy atom. The van der Waals surface area contributed by atoms with Crippen molar-refractivity contribution in [1.29, 1.82) is 0 Å². The van der Waals surface area contributed by atoms with Crippen molar-refractivity contribution in [2.75, 3.05) is 0 Å². The zero-order valence-electron chi connectivity index (χ0n) is 9.60. The van der Waals surface area contributed by atoms with E-state index in [0.29, 0.717) is 11.8 Å². The molecule has 3 heterocycles. The third-order valence-corrected chi connectivity index (χ3v) is 2.32. The van der Waals surface area contributed by atoms with E-state index < -0.39 is 0 Å². The first-order chi connectivity index (χ1) is 7.92. The van der Waals surface area contributed by atoms with Gasteiger partial charge in [-0.3, -0.25) is 0 Å². The van der Waals surface area contributed by atoms with E-state index in [-0.39, 0.29) is 0 Å². The Hall–Kier alpha value is -1.71. The predicted molar refractivity (Wildman–Crippen MR) is 60.9 cm³/mol. The molecule has 4 heteroatoms. The zero-order chi connectivity index (χ0) is 11.4. The molecule has 1 aliphatic rings. The van der Waals surface area contributed by atoms with Crippen LogP contribution in [0.1, 0.15) is 31.9 Å². The Kier molecular flexibility index (Phi) is 3.29. The first-order valence-electron chi connectivity index (χ1n) is 5.70. The molecule has 1 aliphatic heterocycles. The van der Waals surface area contributed by atoms with E-state index in [1.54, 1.807) is 0 Å². The van der Waals surface area contributed by atoms with Gasteiger partial charge in [0.15, 0.2) is 0 Å². The van der Waals surface area contributed by atoms with E-state index >= 15 is 0 Å². The second-order valence-corrected chi connectivity index (χ2v) is 3.37. The summed E-state index contributed by atoms with van der Waals surface area (Å²) in [6.07, 6.45) is 2.83. The fraction of sp³-hybridized carbons (Fsp3) is 0.417. The summed E-state index contributed by atoms with van der Waals surface area (Å²) < 4.78 is 5.46. The Balaban J connectivity index is 0.000000457. The largest absolute Gasteiger partial charge is 0.419 e. The van der Waals surface area contributed by atoms with E-state index in [1.165, 1.54) is 0 Å². The number of nitrogens with zero attached hydrogens (tertiary/aromatic N) is 3. The van der Waals surface area contributed by atoms with Gasteiger partial charge in [-0.1, -0.05) is 19.9 Å². The van der Waals surface area contributed by atoms with E-state index in [9.17, 15) is 0 Å². The molecule has 3 rings (SSSR count). The second-order valence-electron chi connectivity index (χ2n) is 3.37. The van der Waals surface area contributed by atoms with Gasteiger partial charge in [0.25, 0.3) is 5.89 Å². The zero-order valence-corrected chi connectivity index (χ0v) is 9.60. The molecule has 2 aromatic heterocycles. The van der Waals surface area contributed by atoms with Crippen molar-refractivity contribution in [3.8, 4) is 11.6 Å². The molecule has 0 fully saturated rings. The van der Waals surface area contributed by atoms with E-state index in [2.05, 4.69) is 15.2 Å². The highest BCUT2D eigenvalue weighted by Gasteiger charge is 2.12. The van der Waals surface area contributed by atoms with Crippen molar-refractivity contribution in [1.82, 2.24) is 15.2 Å². The molecule has 16 heavy (non-hydrogen) atoms. The van der Waals surface area contributed by atoms with Crippen molar-refractivity contribution >= 4 is 0 Å². The summed E-state index contributed by atoms with van der Waals surface area (Å²) in [6.45, 7) is 4.00. The van der Waals surface area contributed by atoms with Gasteiger partial charge in [-0.25, -0.2) is 4.98 Å². The van der Waals surface area contributed by atoms with Gasteiger partial charge in [0, 0.05) is 12.1 Å². The molecular formula is C12H15N3O. The summed E-state index contributed by atoms with van der Waals surface area (Å²) in [4.78, 5) is 4.44. The number of hydrogen-bond acceptors (Lipinski definition) is 4. The average Bonchev–Trinajstić information content (AvgIpc) is 2.81. The molecule has 84 valence electrons. The molecule has 4 bridgehead atoms. The highest BCUT2D eigenvalue weighted by molar-refractivity contribution is 5.46. The number of hydrogen-bond donors (Lipinski definition) is 0. The minimum atomic E-state index is 0.531. The first-order valence-corrected chi connectivity index (χ1v) is 5.70. The van der Waals surface area contributed by atoms with Gasteiger partial charge in [-0.2, -0.15) is 0 Å². The molecule has 0 aliphatic carbocycles. The van der Waals surface area contributed by atoms with Crippen LogP contribution in [0.2, 0.25) is 0 Å². The lowest BCUT2D eigenvalue weighted by Gasteiger charge is -1.98. The quantitative estimate of drug-likeness (QED) is 0.680. The van der Waals surface area contributed by atoms with Crippen LogP contribution in [0.4, 0.5) is 0 Å². The highest BCUT2D eigenvalue weighted by Crippen LogP contribution is 2.19. The van der Waals surface area contributed by atoms with Crippen molar-refractivity contribution in [3.05, 3.63) is 29.8 Å². The summed E-state index contributed by atoms with van der Waals surface area (Å²) in [6, 6.07) is 5.91. The molecule has 0 saturated heterocycles. The summed E-state index contributed by atoms with van der Waals surface area (Å²) in [5.41, 5.74) is 1.88. The van der Waals surface area contributed by atoms with Gasteiger partial charge in [-0.15, -0.1) is 10.2 Å². The Morgan fingerprint density at radius 2 is 2.00 bits per heavy atom. The number of fused-ring (bicyclic) bond motifs is 5. The number of aromatic nitrogens is 3. The number of rotatable bonds is 0. The third kappa shape index (κ3) is 2.10. The molecule has 0 aromatic carbocycles. The summed E-state index contributed by atoms with van der Waals surface area (Å²) in [5.74, 6) is 1.24. The van der Waals surface area contributed by atoms with Crippen LogP contribution in [0.25, 0.3) is 11.6 Å². The predicted octanol–water partition coefficient (Wildman–Crippen LogP) is 2.65. The lowest BCUT2D eigenvalue weighted by molar-refractivity contribution is 0.499. The van der Waals surface area contributed by atoms with Crippen molar-refractivity contribution in [3.63, 3.8) is 0 Å². The lowest BCUT2D eigenvalue weighted by atomic mass is 10.1. The average molecular weight is 217 g/mol. The maximum atomic E-state index is 5.46. The van der Waals surface area contributed by atoms with Crippen LogP contribution in [0.3, 0.4) is 0 Å². The molecule has 0 spiro atoms. The van der Waals surface area contributed by atoms with Gasteiger partial charge in [0.05, 0.1) is 0 Å². The van der Waals surface area contributed by atoms with Crippen molar-refractivity contribution in [2.45, 2.75) is 33.1 Å². The van der Waals surface area contributed by atoms with Gasteiger partial charge < -0.3 is 4.42 Å². The topological polar surface area (TPSA) is 51.8 Å². The molecule has 0 amide bonds. The fourth-order valence-corrected chi connectivity index (χ4v) is 1.62. The monoisotopic (exact) mass is 217 g/mol. The van der Waals surface area contributed by atoms with Gasteiger partial charge in [0.2, 0.25) is 5.89 Å². The summed E-state index contributed by atoms with van der Waals surface area (Å²) in [5, 5.41) is 7.91. The molecular weight excluding hydrogens is 202 g/mol. The Bertz CT molecular complexity index is 465. The standard InChI is InChI=1S/C10H9N3O.C2H6/c1-3-7-4-2-6-9-12-13-10(14-9)8(5-1)11-7;1-2/h1,3,5H,2,4,6H2;1-2H3.